The van der Waals surface area contributed by atoms with Crippen molar-refractivity contribution in [2.45, 2.75) is 25.7 Å². The summed E-state index contributed by atoms with van der Waals surface area (Å²) in [5.74, 6) is 1.01. The molecule has 1 aliphatic carbocycles. The lowest BCUT2D eigenvalue weighted by Gasteiger charge is -2.47. The van der Waals surface area contributed by atoms with Gasteiger partial charge in [-0.2, -0.15) is 0 Å². The van der Waals surface area contributed by atoms with Gasteiger partial charge in [-0.15, -0.1) is 0 Å². The Labute approximate surface area is 148 Å². The van der Waals surface area contributed by atoms with Crippen LogP contribution in [-0.4, -0.2) is 51.3 Å². The second-order valence-electron chi connectivity index (χ2n) is 7.32. The molecule has 0 aromatic heterocycles. The van der Waals surface area contributed by atoms with Gasteiger partial charge >= 0.3 is 5.97 Å². The van der Waals surface area contributed by atoms with Gasteiger partial charge in [0.1, 0.15) is 0 Å². The summed E-state index contributed by atoms with van der Waals surface area (Å²) < 4.78 is 16.7. The highest BCUT2D eigenvalue weighted by atomic mass is 16.5. The van der Waals surface area contributed by atoms with E-state index < -0.39 is 0 Å². The first kappa shape index (κ1) is 16.5. The van der Waals surface area contributed by atoms with Crippen LogP contribution in [0.4, 0.5) is 0 Å². The molecule has 0 unspecified atom stereocenters. The van der Waals surface area contributed by atoms with Crippen molar-refractivity contribution in [1.29, 1.82) is 0 Å². The number of benzene rings is 1. The molecule has 0 amide bonds. The zero-order chi connectivity index (χ0) is 17.4. The smallest absolute Gasteiger partial charge is 0.338 e. The average Bonchev–Trinajstić information content (AvgIpc) is 3.11. The van der Waals surface area contributed by atoms with E-state index in [9.17, 15) is 4.79 Å². The largest absolute Gasteiger partial charge is 0.493 e. The standard InChI is InChI=1S/C20H25NO4/c1-23-16-6-4-14-3-5-15(17(14)18(16)24-2)19(22)25-13-20-7-10-21(11-8-20)12-9-20/h4-6H,3,7-13H2,1-2H3. The minimum absolute atomic E-state index is 0.185. The van der Waals surface area contributed by atoms with Crippen LogP contribution in [0.1, 0.15) is 30.4 Å². The number of rotatable bonds is 5. The molecule has 134 valence electrons. The molecule has 5 heteroatoms. The number of carbonyl (C=O) groups excluding carboxylic acids is 1. The summed E-state index contributed by atoms with van der Waals surface area (Å²) in [6.45, 7) is 3.93. The van der Waals surface area contributed by atoms with Crippen LogP contribution < -0.4 is 9.47 Å². The van der Waals surface area contributed by atoms with E-state index in [1.165, 1.54) is 0 Å². The molecular weight excluding hydrogens is 318 g/mol. The summed E-state index contributed by atoms with van der Waals surface area (Å²) in [6, 6.07) is 3.87. The highest BCUT2D eigenvalue weighted by Gasteiger charge is 2.40. The van der Waals surface area contributed by atoms with Crippen molar-refractivity contribution in [1.82, 2.24) is 4.90 Å². The number of fused-ring (bicyclic) bond motifs is 4. The maximum atomic E-state index is 12.8. The van der Waals surface area contributed by atoms with Crippen molar-refractivity contribution in [3.8, 4) is 11.5 Å². The van der Waals surface area contributed by atoms with E-state index >= 15 is 0 Å². The molecule has 3 heterocycles. The van der Waals surface area contributed by atoms with Gasteiger partial charge < -0.3 is 19.1 Å². The lowest BCUT2D eigenvalue weighted by molar-refractivity contribution is -0.143. The summed E-state index contributed by atoms with van der Waals surface area (Å²) in [6.07, 6.45) is 6.06. The molecule has 4 aliphatic rings. The second-order valence-corrected chi connectivity index (χ2v) is 7.32. The number of nitrogens with zero attached hydrogens (tertiary/aromatic N) is 1. The molecule has 0 radical (unpaired) electrons. The Kier molecular flexibility index (Phi) is 4.20. The fourth-order valence-corrected chi connectivity index (χ4v) is 4.34. The van der Waals surface area contributed by atoms with Crippen LogP contribution in [0.2, 0.25) is 0 Å². The quantitative estimate of drug-likeness (QED) is 0.769. The number of hydrogen-bond acceptors (Lipinski definition) is 5. The van der Waals surface area contributed by atoms with Crippen molar-refractivity contribution in [3.63, 3.8) is 0 Å². The normalized spacial score (nSPS) is 26.8. The molecule has 1 aromatic carbocycles. The molecular formula is C20H25NO4. The Balaban J connectivity index is 1.51. The lowest BCUT2D eigenvalue weighted by Crippen LogP contribution is -2.50. The first-order valence-corrected chi connectivity index (χ1v) is 9.00. The summed E-state index contributed by atoms with van der Waals surface area (Å²) >= 11 is 0. The minimum atomic E-state index is -0.243. The summed E-state index contributed by atoms with van der Waals surface area (Å²) in [4.78, 5) is 15.3. The van der Waals surface area contributed by atoms with E-state index in [1.54, 1.807) is 14.2 Å². The van der Waals surface area contributed by atoms with Crippen molar-refractivity contribution in [2.75, 3.05) is 40.5 Å². The van der Waals surface area contributed by atoms with E-state index in [2.05, 4.69) is 4.90 Å². The van der Waals surface area contributed by atoms with E-state index in [1.807, 2.05) is 18.2 Å². The third kappa shape index (κ3) is 2.80. The Hall–Kier alpha value is -2.01. The summed E-state index contributed by atoms with van der Waals surface area (Å²) in [5, 5.41) is 0. The first-order valence-electron chi connectivity index (χ1n) is 9.00. The third-order valence-corrected chi connectivity index (χ3v) is 6.03. The molecule has 25 heavy (non-hydrogen) atoms. The zero-order valence-corrected chi connectivity index (χ0v) is 15.0. The Morgan fingerprint density at radius 1 is 1.12 bits per heavy atom. The minimum Gasteiger partial charge on any atom is -0.493 e. The van der Waals surface area contributed by atoms with Gasteiger partial charge in [-0.05, 0) is 56.9 Å². The number of methoxy groups -OCH3 is 2. The summed E-state index contributed by atoms with van der Waals surface area (Å²) in [7, 11) is 3.21. The predicted molar refractivity (Wildman–Crippen MR) is 94.9 cm³/mol. The Morgan fingerprint density at radius 2 is 1.84 bits per heavy atom. The van der Waals surface area contributed by atoms with Crippen molar-refractivity contribution < 1.29 is 19.0 Å². The first-order chi connectivity index (χ1) is 12.2. The van der Waals surface area contributed by atoms with Gasteiger partial charge in [0.2, 0.25) is 0 Å². The maximum absolute atomic E-state index is 12.8. The highest BCUT2D eigenvalue weighted by Crippen LogP contribution is 2.43. The molecule has 0 spiro atoms. The monoisotopic (exact) mass is 343 g/mol. The molecule has 0 saturated carbocycles. The van der Waals surface area contributed by atoms with Gasteiger partial charge in [0.05, 0.1) is 26.4 Å². The average molecular weight is 343 g/mol. The molecule has 5 nitrogen and oxygen atoms in total. The second kappa shape index (κ2) is 6.37. The van der Waals surface area contributed by atoms with Crippen LogP contribution in [0.5, 0.6) is 11.5 Å². The van der Waals surface area contributed by atoms with Crippen LogP contribution >= 0.6 is 0 Å². The van der Waals surface area contributed by atoms with Gasteiger partial charge in [-0.1, -0.05) is 12.1 Å². The van der Waals surface area contributed by atoms with Crippen molar-refractivity contribution in [2.24, 2.45) is 5.41 Å². The number of esters is 1. The number of hydrogen-bond donors (Lipinski definition) is 0. The van der Waals surface area contributed by atoms with Crippen LogP contribution in [-0.2, 0) is 16.0 Å². The predicted octanol–water partition coefficient (Wildman–Crippen LogP) is 2.67. The Bertz CT molecular complexity index is 703. The zero-order valence-electron chi connectivity index (χ0n) is 15.0. The summed E-state index contributed by atoms with van der Waals surface area (Å²) in [5.41, 5.74) is 2.69. The maximum Gasteiger partial charge on any atom is 0.338 e. The van der Waals surface area contributed by atoms with Gasteiger partial charge in [-0.3, -0.25) is 0 Å². The fraction of sp³-hybridized carbons (Fsp3) is 0.550. The van der Waals surface area contributed by atoms with E-state index in [-0.39, 0.29) is 11.4 Å². The fourth-order valence-electron chi connectivity index (χ4n) is 4.34. The highest BCUT2D eigenvalue weighted by molar-refractivity contribution is 6.19. The molecule has 3 fully saturated rings. The van der Waals surface area contributed by atoms with Crippen molar-refractivity contribution in [3.05, 3.63) is 29.3 Å². The topological polar surface area (TPSA) is 48.0 Å². The van der Waals surface area contributed by atoms with Crippen LogP contribution in [0, 0.1) is 5.41 Å². The van der Waals surface area contributed by atoms with E-state index in [0.29, 0.717) is 23.7 Å². The molecule has 3 saturated heterocycles. The molecule has 1 aromatic rings. The van der Waals surface area contributed by atoms with Gasteiger partial charge in [0.15, 0.2) is 11.5 Å². The van der Waals surface area contributed by atoms with Crippen LogP contribution in [0.3, 0.4) is 0 Å². The number of carbonyl (C=O) groups is 1. The molecule has 0 atom stereocenters. The Morgan fingerprint density at radius 3 is 2.48 bits per heavy atom. The molecule has 0 N–H and O–H groups in total. The lowest BCUT2D eigenvalue weighted by atomic mass is 9.73. The number of ether oxygens (including phenoxy) is 3. The van der Waals surface area contributed by atoms with Crippen LogP contribution in [0.25, 0.3) is 5.57 Å². The molecule has 3 aliphatic heterocycles. The number of allylic oxidation sites excluding steroid dienone is 1. The number of piperidine rings is 3. The third-order valence-electron chi connectivity index (χ3n) is 6.03. The van der Waals surface area contributed by atoms with E-state index in [0.717, 1.165) is 56.4 Å². The molecule has 2 bridgehead atoms. The van der Waals surface area contributed by atoms with E-state index in [4.69, 9.17) is 14.2 Å². The van der Waals surface area contributed by atoms with Gasteiger partial charge in [0.25, 0.3) is 0 Å². The van der Waals surface area contributed by atoms with Crippen molar-refractivity contribution >= 4 is 11.5 Å². The van der Waals surface area contributed by atoms with Gasteiger partial charge in [-0.25, -0.2) is 4.79 Å². The molecule has 5 rings (SSSR count). The van der Waals surface area contributed by atoms with Gasteiger partial charge in [0, 0.05) is 11.0 Å². The SMILES string of the molecule is COc1ccc2c(c1OC)C(C(=O)OCC13CCN(CC1)CC3)=CC2. The van der Waals surface area contributed by atoms with Crippen LogP contribution in [0.15, 0.2) is 18.2 Å².